The summed E-state index contributed by atoms with van der Waals surface area (Å²) in [5.41, 5.74) is -0.684. The van der Waals surface area contributed by atoms with Gasteiger partial charge in [-0.3, -0.25) is 0 Å². The smallest absolute Gasteiger partial charge is 0.433 e. The van der Waals surface area contributed by atoms with Crippen molar-refractivity contribution >= 4 is 17.5 Å². The van der Waals surface area contributed by atoms with Gasteiger partial charge in [-0.25, -0.2) is 4.98 Å². The summed E-state index contributed by atoms with van der Waals surface area (Å²) in [5, 5.41) is 14.1. The molecule has 10 heteroatoms. The summed E-state index contributed by atoms with van der Waals surface area (Å²) in [7, 11) is 2.92. The summed E-state index contributed by atoms with van der Waals surface area (Å²) in [6, 6.07) is 5.58. The zero-order chi connectivity index (χ0) is 18.4. The van der Waals surface area contributed by atoms with Gasteiger partial charge in [-0.2, -0.15) is 18.2 Å². The molecule has 25 heavy (non-hydrogen) atoms. The molecule has 1 aromatic carbocycles. The summed E-state index contributed by atoms with van der Waals surface area (Å²) < 4.78 is 49.3. The Bertz CT molecular complexity index is 703. The standard InChI is InChI=1S/C15H17F3N4O3/c1-24-10-5-9(6-11(7-10)25-2)20-13-8-12(15(16,17)18)21-14(22-13)19-3-4-23/h5-8,23H,3-4H2,1-2H3,(H2,19,20,21,22). The van der Waals surface area contributed by atoms with Gasteiger partial charge < -0.3 is 25.2 Å². The number of hydrogen-bond acceptors (Lipinski definition) is 7. The fourth-order valence-electron chi connectivity index (χ4n) is 1.93. The minimum atomic E-state index is -4.64. The molecule has 1 heterocycles. The van der Waals surface area contributed by atoms with Crippen LogP contribution < -0.4 is 20.1 Å². The van der Waals surface area contributed by atoms with Gasteiger partial charge in [0, 0.05) is 36.5 Å². The van der Waals surface area contributed by atoms with Gasteiger partial charge in [0.1, 0.15) is 17.3 Å². The summed E-state index contributed by atoms with van der Waals surface area (Å²) in [6.07, 6.45) is -4.64. The highest BCUT2D eigenvalue weighted by Gasteiger charge is 2.33. The molecule has 0 fully saturated rings. The molecule has 3 N–H and O–H groups in total. The van der Waals surface area contributed by atoms with E-state index in [1.807, 2.05) is 0 Å². The maximum atomic E-state index is 13.0. The first-order chi connectivity index (χ1) is 11.9. The monoisotopic (exact) mass is 358 g/mol. The molecule has 0 radical (unpaired) electrons. The van der Waals surface area contributed by atoms with Crippen LogP contribution in [0.3, 0.4) is 0 Å². The summed E-state index contributed by atoms with van der Waals surface area (Å²) in [6.45, 7) is -0.247. The molecule has 0 aliphatic rings. The van der Waals surface area contributed by atoms with Crippen LogP contribution in [-0.4, -0.2) is 42.4 Å². The third kappa shape index (κ3) is 5.11. The minimum Gasteiger partial charge on any atom is -0.497 e. The van der Waals surface area contributed by atoms with Crippen molar-refractivity contribution in [3.63, 3.8) is 0 Å². The molecule has 2 rings (SSSR count). The Morgan fingerprint density at radius 2 is 1.68 bits per heavy atom. The fraction of sp³-hybridized carbons (Fsp3) is 0.333. The van der Waals surface area contributed by atoms with Crippen LogP contribution in [0.4, 0.5) is 30.6 Å². The molecule has 0 unspecified atom stereocenters. The molecule has 0 spiro atoms. The summed E-state index contributed by atoms with van der Waals surface area (Å²) >= 11 is 0. The van der Waals surface area contributed by atoms with Gasteiger partial charge in [0.05, 0.1) is 20.8 Å². The number of benzene rings is 1. The van der Waals surface area contributed by atoms with Crippen LogP contribution in [0.2, 0.25) is 0 Å². The Morgan fingerprint density at radius 3 is 2.20 bits per heavy atom. The molecule has 0 amide bonds. The number of aromatic nitrogens is 2. The number of aliphatic hydroxyl groups is 1. The van der Waals surface area contributed by atoms with E-state index in [9.17, 15) is 13.2 Å². The molecule has 0 saturated carbocycles. The second kappa shape index (κ2) is 7.88. The maximum absolute atomic E-state index is 13.0. The Kier molecular flexibility index (Phi) is 5.86. The van der Waals surface area contributed by atoms with Crippen LogP contribution in [0.15, 0.2) is 24.3 Å². The third-order valence-electron chi connectivity index (χ3n) is 3.04. The first-order valence-electron chi connectivity index (χ1n) is 7.17. The number of halogens is 3. The Hall–Kier alpha value is -2.75. The molecular weight excluding hydrogens is 341 g/mol. The zero-order valence-corrected chi connectivity index (χ0v) is 13.5. The average molecular weight is 358 g/mol. The van der Waals surface area contributed by atoms with Crippen molar-refractivity contribution in [3.05, 3.63) is 30.0 Å². The number of nitrogens with one attached hydrogen (secondary N) is 2. The van der Waals surface area contributed by atoms with Gasteiger partial charge in [-0.05, 0) is 0 Å². The molecule has 2 aromatic rings. The minimum absolute atomic E-state index is 0.0216. The molecule has 136 valence electrons. The number of rotatable bonds is 7. The second-order valence-electron chi connectivity index (χ2n) is 4.84. The Balaban J connectivity index is 2.37. The Morgan fingerprint density at radius 1 is 1.04 bits per heavy atom. The first-order valence-corrected chi connectivity index (χ1v) is 7.17. The van der Waals surface area contributed by atoms with E-state index in [1.54, 1.807) is 18.2 Å². The number of hydrogen-bond donors (Lipinski definition) is 3. The fourth-order valence-corrected chi connectivity index (χ4v) is 1.93. The van der Waals surface area contributed by atoms with Gasteiger partial charge >= 0.3 is 6.18 Å². The highest BCUT2D eigenvalue weighted by atomic mass is 19.4. The topological polar surface area (TPSA) is 88.5 Å². The van der Waals surface area contributed by atoms with Crippen molar-refractivity contribution in [1.82, 2.24) is 9.97 Å². The van der Waals surface area contributed by atoms with Gasteiger partial charge in [-0.15, -0.1) is 0 Å². The number of ether oxygens (including phenoxy) is 2. The van der Waals surface area contributed by atoms with Crippen molar-refractivity contribution in [1.29, 1.82) is 0 Å². The first kappa shape index (κ1) is 18.6. The van der Waals surface area contributed by atoms with Crippen molar-refractivity contribution < 1.29 is 27.8 Å². The van der Waals surface area contributed by atoms with E-state index in [0.29, 0.717) is 17.2 Å². The van der Waals surface area contributed by atoms with Crippen molar-refractivity contribution in [3.8, 4) is 11.5 Å². The number of methoxy groups -OCH3 is 2. The average Bonchev–Trinajstić information content (AvgIpc) is 2.58. The number of alkyl halides is 3. The highest BCUT2D eigenvalue weighted by molar-refractivity contribution is 5.62. The number of nitrogens with zero attached hydrogens (tertiary/aromatic N) is 2. The van der Waals surface area contributed by atoms with Crippen LogP contribution in [0.25, 0.3) is 0 Å². The lowest BCUT2D eigenvalue weighted by atomic mass is 10.2. The maximum Gasteiger partial charge on any atom is 0.433 e. The lowest BCUT2D eigenvalue weighted by molar-refractivity contribution is -0.141. The summed E-state index contributed by atoms with van der Waals surface area (Å²) in [4.78, 5) is 7.37. The van der Waals surface area contributed by atoms with E-state index in [-0.39, 0.29) is 24.9 Å². The molecule has 0 bridgehead atoms. The highest BCUT2D eigenvalue weighted by Crippen LogP contribution is 2.32. The molecule has 0 aliphatic carbocycles. The van der Waals surface area contributed by atoms with E-state index >= 15 is 0 Å². The lowest BCUT2D eigenvalue weighted by Gasteiger charge is -2.13. The van der Waals surface area contributed by atoms with Crippen molar-refractivity contribution in [2.45, 2.75) is 6.18 Å². The van der Waals surface area contributed by atoms with Crippen LogP contribution in [0, 0.1) is 0 Å². The van der Waals surface area contributed by atoms with Crippen LogP contribution >= 0.6 is 0 Å². The number of aliphatic hydroxyl groups excluding tert-OH is 1. The van der Waals surface area contributed by atoms with Crippen LogP contribution in [0.5, 0.6) is 11.5 Å². The SMILES string of the molecule is COc1cc(Nc2cc(C(F)(F)F)nc(NCCO)n2)cc(OC)c1. The molecule has 0 saturated heterocycles. The van der Waals surface area contributed by atoms with Gasteiger partial charge in [0.2, 0.25) is 5.95 Å². The molecule has 7 nitrogen and oxygen atoms in total. The van der Waals surface area contributed by atoms with E-state index in [4.69, 9.17) is 14.6 Å². The summed E-state index contributed by atoms with van der Waals surface area (Å²) in [5.74, 6) is 0.607. The van der Waals surface area contributed by atoms with Crippen LogP contribution in [-0.2, 0) is 6.18 Å². The zero-order valence-electron chi connectivity index (χ0n) is 13.5. The van der Waals surface area contributed by atoms with E-state index in [2.05, 4.69) is 20.6 Å². The van der Waals surface area contributed by atoms with E-state index in [1.165, 1.54) is 14.2 Å². The molecule has 0 aliphatic heterocycles. The van der Waals surface area contributed by atoms with Gasteiger partial charge in [0.15, 0.2) is 5.69 Å². The van der Waals surface area contributed by atoms with Gasteiger partial charge in [-0.1, -0.05) is 0 Å². The molecule has 0 atom stereocenters. The van der Waals surface area contributed by atoms with E-state index < -0.39 is 11.9 Å². The molecule has 1 aromatic heterocycles. The number of anilines is 3. The largest absolute Gasteiger partial charge is 0.497 e. The normalized spacial score (nSPS) is 11.1. The van der Waals surface area contributed by atoms with Crippen LogP contribution in [0.1, 0.15) is 5.69 Å². The van der Waals surface area contributed by atoms with Crippen molar-refractivity contribution in [2.24, 2.45) is 0 Å². The van der Waals surface area contributed by atoms with E-state index in [0.717, 1.165) is 6.07 Å². The van der Waals surface area contributed by atoms with Crippen molar-refractivity contribution in [2.75, 3.05) is 38.0 Å². The second-order valence-corrected chi connectivity index (χ2v) is 4.84. The molecular formula is C15H17F3N4O3. The van der Waals surface area contributed by atoms with Gasteiger partial charge in [0.25, 0.3) is 0 Å². The lowest BCUT2D eigenvalue weighted by Crippen LogP contribution is -2.15. The predicted octanol–water partition coefficient (Wildman–Crippen LogP) is 2.66. The third-order valence-corrected chi connectivity index (χ3v) is 3.04. The Labute approximate surface area is 141 Å². The quantitative estimate of drug-likeness (QED) is 0.701. The predicted molar refractivity (Wildman–Crippen MR) is 85.4 cm³/mol.